The van der Waals surface area contributed by atoms with Gasteiger partial charge in [-0.15, -0.1) is 0 Å². The lowest BCUT2D eigenvalue weighted by Crippen LogP contribution is -2.47. The number of carboxylic acid groups (broad SMARTS) is 1. The number of carbonyl (C=O) groups is 3. The molecule has 1 aliphatic rings. The summed E-state index contributed by atoms with van der Waals surface area (Å²) in [6.07, 6.45) is -4.78. The molecule has 0 radical (unpaired) electrons. The van der Waals surface area contributed by atoms with Gasteiger partial charge in [-0.25, -0.2) is 9.18 Å². The topological polar surface area (TPSA) is 90.0 Å². The number of piperazine rings is 1. The molecule has 0 saturated carbocycles. The molecule has 1 fully saturated rings. The van der Waals surface area contributed by atoms with Crippen molar-refractivity contribution < 1.29 is 37.1 Å². The lowest BCUT2D eigenvalue weighted by atomic mass is 10.2. The molecule has 0 atom stereocenters. The Balaban J connectivity index is 0.000000516. The first-order chi connectivity index (χ1) is 13.6. The van der Waals surface area contributed by atoms with E-state index < -0.39 is 18.0 Å². The van der Waals surface area contributed by atoms with Crippen LogP contribution in [-0.2, 0) is 9.59 Å². The first-order valence-electron chi connectivity index (χ1n) is 8.89. The van der Waals surface area contributed by atoms with E-state index in [-0.39, 0.29) is 11.8 Å². The average Bonchev–Trinajstić information content (AvgIpc) is 2.68. The number of nitrogens with one attached hydrogen (secondary N) is 1. The molecule has 0 unspecified atom stereocenters. The highest BCUT2D eigenvalue weighted by atomic mass is 19.4. The minimum absolute atomic E-state index is 0.0620. The molecule has 0 bridgehead atoms. The number of rotatable bonds is 5. The second-order valence-electron chi connectivity index (χ2n) is 6.08. The molecule has 0 spiro atoms. The number of carbonyl (C=O) groups excluding carboxylic acids is 2. The van der Waals surface area contributed by atoms with E-state index >= 15 is 0 Å². The Morgan fingerprint density at radius 2 is 1.79 bits per heavy atom. The molecular weight excluding hydrogens is 398 g/mol. The van der Waals surface area contributed by atoms with E-state index in [0.29, 0.717) is 38.2 Å². The van der Waals surface area contributed by atoms with Gasteiger partial charge >= 0.3 is 12.1 Å². The molecule has 2 rings (SSSR count). The van der Waals surface area contributed by atoms with Crippen molar-refractivity contribution in [1.82, 2.24) is 15.1 Å². The predicted octanol–water partition coefficient (Wildman–Crippen LogP) is 1.74. The second kappa shape index (κ2) is 11.3. The molecule has 11 heteroatoms. The molecular formula is C18H23F4N3O4. The lowest BCUT2D eigenvalue weighted by molar-refractivity contribution is -0.192. The summed E-state index contributed by atoms with van der Waals surface area (Å²) < 4.78 is 45.0. The number of benzene rings is 1. The van der Waals surface area contributed by atoms with Gasteiger partial charge in [0.05, 0.1) is 0 Å². The van der Waals surface area contributed by atoms with E-state index in [4.69, 9.17) is 9.90 Å². The second-order valence-corrected chi connectivity index (χ2v) is 6.08. The zero-order chi connectivity index (χ0) is 22.0. The van der Waals surface area contributed by atoms with Crippen LogP contribution in [0.1, 0.15) is 23.7 Å². The molecule has 2 amide bonds. The van der Waals surface area contributed by atoms with Crippen LogP contribution in [0.2, 0.25) is 0 Å². The van der Waals surface area contributed by atoms with Crippen LogP contribution in [0, 0.1) is 5.82 Å². The van der Waals surface area contributed by atoms with Crippen molar-refractivity contribution in [3.05, 3.63) is 35.6 Å². The zero-order valence-corrected chi connectivity index (χ0v) is 15.8. The fraction of sp³-hybridized carbons (Fsp3) is 0.500. The Bertz CT molecular complexity index is 707. The number of amides is 2. The summed E-state index contributed by atoms with van der Waals surface area (Å²) in [5.41, 5.74) is 0.316. The van der Waals surface area contributed by atoms with Gasteiger partial charge in [0.15, 0.2) is 0 Å². The molecule has 1 saturated heterocycles. The van der Waals surface area contributed by atoms with Gasteiger partial charge in [0.2, 0.25) is 5.91 Å². The van der Waals surface area contributed by atoms with Crippen molar-refractivity contribution in [3.8, 4) is 0 Å². The largest absolute Gasteiger partial charge is 0.490 e. The molecule has 7 nitrogen and oxygen atoms in total. The third kappa shape index (κ3) is 8.46. The average molecular weight is 421 g/mol. The van der Waals surface area contributed by atoms with Crippen molar-refractivity contribution in [2.45, 2.75) is 19.5 Å². The minimum Gasteiger partial charge on any atom is -0.475 e. The molecule has 29 heavy (non-hydrogen) atoms. The predicted molar refractivity (Wildman–Crippen MR) is 95.7 cm³/mol. The SMILES string of the molecule is CCN(CCC(=O)N1CCNCC1)C(=O)c1cccc(F)c1.O=C(O)C(F)(F)F. The van der Waals surface area contributed by atoms with Gasteiger partial charge in [-0.1, -0.05) is 6.07 Å². The van der Waals surface area contributed by atoms with Crippen LogP contribution in [0.25, 0.3) is 0 Å². The normalized spacial score (nSPS) is 13.9. The Morgan fingerprint density at radius 3 is 2.28 bits per heavy atom. The summed E-state index contributed by atoms with van der Waals surface area (Å²) in [6.45, 7) is 5.74. The van der Waals surface area contributed by atoms with E-state index in [9.17, 15) is 27.2 Å². The fourth-order valence-electron chi connectivity index (χ4n) is 2.51. The molecule has 1 aliphatic heterocycles. The molecule has 1 heterocycles. The van der Waals surface area contributed by atoms with Gasteiger partial charge in [-0.2, -0.15) is 13.2 Å². The number of hydrogen-bond acceptors (Lipinski definition) is 4. The first kappa shape index (κ1) is 24.3. The van der Waals surface area contributed by atoms with Crippen LogP contribution in [-0.4, -0.2) is 78.1 Å². The van der Waals surface area contributed by atoms with Crippen LogP contribution in [0.15, 0.2) is 24.3 Å². The number of halogens is 4. The Hall–Kier alpha value is -2.69. The fourth-order valence-corrected chi connectivity index (χ4v) is 2.51. The van der Waals surface area contributed by atoms with Crippen molar-refractivity contribution in [1.29, 1.82) is 0 Å². The number of alkyl halides is 3. The lowest BCUT2D eigenvalue weighted by Gasteiger charge is -2.28. The van der Waals surface area contributed by atoms with Gasteiger partial charge in [-0.05, 0) is 25.1 Å². The number of aliphatic carboxylic acids is 1. The van der Waals surface area contributed by atoms with Crippen molar-refractivity contribution >= 4 is 17.8 Å². The van der Waals surface area contributed by atoms with Crippen molar-refractivity contribution in [2.75, 3.05) is 39.3 Å². The molecule has 2 N–H and O–H groups in total. The van der Waals surface area contributed by atoms with Gasteiger partial charge in [0.1, 0.15) is 5.82 Å². The number of carboxylic acids is 1. The molecule has 0 aliphatic carbocycles. The summed E-state index contributed by atoms with van der Waals surface area (Å²) >= 11 is 0. The first-order valence-corrected chi connectivity index (χ1v) is 8.89. The molecule has 1 aromatic rings. The van der Waals surface area contributed by atoms with Crippen molar-refractivity contribution in [2.24, 2.45) is 0 Å². The maximum absolute atomic E-state index is 13.2. The smallest absolute Gasteiger partial charge is 0.475 e. The highest BCUT2D eigenvalue weighted by Gasteiger charge is 2.38. The minimum atomic E-state index is -5.08. The van der Waals surface area contributed by atoms with Crippen LogP contribution < -0.4 is 5.32 Å². The summed E-state index contributed by atoms with van der Waals surface area (Å²) in [5, 5.41) is 10.3. The monoisotopic (exact) mass is 421 g/mol. The molecule has 0 aromatic heterocycles. The highest BCUT2D eigenvalue weighted by molar-refractivity contribution is 5.94. The van der Waals surface area contributed by atoms with Gasteiger partial charge in [0.25, 0.3) is 5.91 Å². The van der Waals surface area contributed by atoms with E-state index in [1.54, 1.807) is 11.0 Å². The standard InChI is InChI=1S/C16H22FN3O2.C2HF3O2/c1-2-19(16(22)13-4-3-5-14(17)12-13)9-6-15(21)20-10-7-18-8-11-20;3-2(4,5)1(6)7/h3-5,12,18H,2,6-11H2,1H3;(H,6,7). The van der Waals surface area contributed by atoms with Crippen LogP contribution in [0.3, 0.4) is 0 Å². The Kier molecular flexibility index (Phi) is 9.53. The van der Waals surface area contributed by atoms with E-state index in [1.807, 2.05) is 11.8 Å². The quantitative estimate of drug-likeness (QED) is 0.707. The molecule has 1 aromatic carbocycles. The van der Waals surface area contributed by atoms with Gasteiger partial charge in [-0.3, -0.25) is 9.59 Å². The van der Waals surface area contributed by atoms with Gasteiger partial charge in [0, 0.05) is 51.3 Å². The summed E-state index contributed by atoms with van der Waals surface area (Å²) in [4.78, 5) is 36.8. The van der Waals surface area contributed by atoms with E-state index in [0.717, 1.165) is 13.1 Å². The number of hydrogen-bond donors (Lipinski definition) is 2. The maximum Gasteiger partial charge on any atom is 0.490 e. The van der Waals surface area contributed by atoms with Crippen LogP contribution in [0.4, 0.5) is 17.6 Å². The zero-order valence-electron chi connectivity index (χ0n) is 15.8. The third-order valence-electron chi connectivity index (χ3n) is 4.05. The third-order valence-corrected chi connectivity index (χ3v) is 4.05. The van der Waals surface area contributed by atoms with E-state index in [1.165, 1.54) is 18.2 Å². The van der Waals surface area contributed by atoms with E-state index in [2.05, 4.69) is 5.32 Å². The highest BCUT2D eigenvalue weighted by Crippen LogP contribution is 2.13. The Morgan fingerprint density at radius 1 is 1.21 bits per heavy atom. The summed E-state index contributed by atoms with van der Waals surface area (Å²) in [6, 6.07) is 5.64. The van der Waals surface area contributed by atoms with Crippen LogP contribution in [0.5, 0.6) is 0 Å². The van der Waals surface area contributed by atoms with Crippen LogP contribution >= 0.6 is 0 Å². The maximum atomic E-state index is 13.2. The van der Waals surface area contributed by atoms with Crippen molar-refractivity contribution in [3.63, 3.8) is 0 Å². The number of nitrogens with zero attached hydrogens (tertiary/aromatic N) is 2. The summed E-state index contributed by atoms with van der Waals surface area (Å²) in [5.74, 6) is -3.37. The van der Waals surface area contributed by atoms with Gasteiger partial charge < -0.3 is 20.2 Å². The summed E-state index contributed by atoms with van der Waals surface area (Å²) in [7, 11) is 0. The Labute approximate surface area is 165 Å². The molecule has 162 valence electrons.